The Kier molecular flexibility index (Phi) is 38.7. The highest BCUT2D eigenvalue weighted by Gasteiger charge is 2.10. The van der Waals surface area contributed by atoms with E-state index in [2.05, 4.69) is 19.2 Å². The van der Waals surface area contributed by atoms with Crippen molar-refractivity contribution in [2.24, 2.45) is 0 Å². The smallest absolute Gasteiger partial charge is 0.267 e. The maximum Gasteiger partial charge on any atom is 0.267 e. The van der Waals surface area contributed by atoms with Crippen molar-refractivity contribution in [3.8, 4) is 0 Å². The summed E-state index contributed by atoms with van der Waals surface area (Å²) < 4.78 is 29.3. The molecule has 0 aliphatic carbocycles. The first-order chi connectivity index (χ1) is 19.5. The second kappa shape index (κ2) is 36.9. The molecule has 244 valence electrons. The lowest BCUT2D eigenvalue weighted by Gasteiger charge is -2.06. The van der Waals surface area contributed by atoms with Gasteiger partial charge >= 0.3 is 0 Å². The Labute approximate surface area is 254 Å². The first kappa shape index (κ1) is 42.0. The van der Waals surface area contributed by atoms with Crippen molar-refractivity contribution in [2.75, 3.05) is 26.5 Å². The quantitative estimate of drug-likeness (QED) is 0.0626. The zero-order chi connectivity index (χ0) is 29.8. The highest BCUT2D eigenvalue weighted by molar-refractivity contribution is 7.86. The molecule has 0 amide bonds. The molecule has 5 heteroatoms. The molecule has 0 aromatic carbocycles. The molecule has 0 fully saturated rings. The highest BCUT2D eigenvalue weighted by atomic mass is 32.2. The predicted molar refractivity (Wildman–Crippen MR) is 180 cm³/mol. The number of hydrogen-bond acceptors (Lipinski definition) is 4. The molecule has 0 rings (SSSR count). The average Bonchev–Trinajstić information content (AvgIpc) is 2.93. The largest absolute Gasteiger partial charge is 0.323 e. The lowest BCUT2D eigenvalue weighted by molar-refractivity contribution is 0.305. The third-order valence-corrected chi connectivity index (χ3v) is 9.07. The molecule has 0 aliphatic heterocycles. The first-order valence-corrected chi connectivity index (χ1v) is 19.6. The molecule has 40 heavy (non-hydrogen) atoms. The van der Waals surface area contributed by atoms with E-state index < -0.39 is 10.1 Å². The van der Waals surface area contributed by atoms with Crippen LogP contribution >= 0.6 is 0 Å². The molecule has 0 aromatic heterocycles. The molecule has 0 unspecified atom stereocenters. The average molecular weight is 590 g/mol. The molecule has 0 saturated carbocycles. The van der Waals surface area contributed by atoms with Gasteiger partial charge in [-0.1, -0.05) is 187 Å². The molecule has 0 heterocycles. The fourth-order valence-corrected chi connectivity index (χ4v) is 6.24. The first-order valence-electron chi connectivity index (χ1n) is 18.0. The van der Waals surface area contributed by atoms with Crippen molar-refractivity contribution in [2.45, 2.75) is 200 Å². The Morgan fingerprint density at radius 1 is 0.400 bits per heavy atom. The molecular weight excluding hydrogens is 514 g/mol. The SMILES string of the molecule is CCCCCCCCCCCCCCCCCCCCCOS(=O)(=O)CCCCCCCCCCCC.CNC. The van der Waals surface area contributed by atoms with Crippen molar-refractivity contribution in [3.63, 3.8) is 0 Å². The van der Waals surface area contributed by atoms with Crippen LogP contribution in [-0.4, -0.2) is 34.9 Å². The van der Waals surface area contributed by atoms with Gasteiger partial charge in [0, 0.05) is 0 Å². The van der Waals surface area contributed by atoms with E-state index in [1.54, 1.807) is 0 Å². The van der Waals surface area contributed by atoms with E-state index in [9.17, 15) is 8.42 Å². The normalized spacial score (nSPS) is 11.5. The van der Waals surface area contributed by atoms with Crippen LogP contribution in [0.2, 0.25) is 0 Å². The Morgan fingerprint density at radius 3 is 0.900 bits per heavy atom. The third-order valence-electron chi connectivity index (χ3n) is 7.76. The summed E-state index contributed by atoms with van der Waals surface area (Å²) in [6.07, 6.45) is 37.8. The van der Waals surface area contributed by atoms with Crippen LogP contribution in [0.15, 0.2) is 0 Å². The van der Waals surface area contributed by atoms with Crippen molar-refractivity contribution in [1.82, 2.24) is 5.32 Å². The van der Waals surface area contributed by atoms with Gasteiger partial charge in [-0.25, -0.2) is 0 Å². The molecule has 1 N–H and O–H groups in total. The third kappa shape index (κ3) is 40.0. The van der Waals surface area contributed by atoms with Gasteiger partial charge in [-0.05, 0) is 26.9 Å². The summed E-state index contributed by atoms with van der Waals surface area (Å²) in [6, 6.07) is 0. The van der Waals surface area contributed by atoms with Gasteiger partial charge < -0.3 is 5.32 Å². The van der Waals surface area contributed by atoms with Gasteiger partial charge in [-0.3, -0.25) is 4.18 Å². The molecule has 4 nitrogen and oxygen atoms in total. The van der Waals surface area contributed by atoms with Gasteiger partial charge in [0.25, 0.3) is 10.1 Å². The van der Waals surface area contributed by atoms with Gasteiger partial charge in [0.2, 0.25) is 0 Å². The highest BCUT2D eigenvalue weighted by Crippen LogP contribution is 2.15. The number of unbranched alkanes of at least 4 members (excludes halogenated alkanes) is 27. The van der Waals surface area contributed by atoms with E-state index in [0.717, 1.165) is 32.1 Å². The monoisotopic (exact) mass is 590 g/mol. The standard InChI is InChI=1S/C33H68O3S.C2H7N/c1-3-5-7-9-11-13-15-16-17-18-19-20-21-22-23-24-26-28-30-32-36-37(34,35)33-31-29-27-25-14-12-10-8-6-4-2;1-3-2/h3-33H2,1-2H3;3H,1-2H3. The summed E-state index contributed by atoms with van der Waals surface area (Å²) in [7, 11) is 0.437. The lowest BCUT2D eigenvalue weighted by Crippen LogP contribution is -2.11. The van der Waals surface area contributed by atoms with Gasteiger partial charge in [0.05, 0.1) is 12.4 Å². The van der Waals surface area contributed by atoms with Crippen molar-refractivity contribution in [3.05, 3.63) is 0 Å². The molecule has 0 radical (unpaired) electrons. The Hall–Kier alpha value is -0.130. The molecule has 0 aromatic rings. The molecule has 0 aliphatic rings. The van der Waals surface area contributed by atoms with Gasteiger partial charge in [0.15, 0.2) is 0 Å². The molecule has 0 spiro atoms. The molecule has 0 atom stereocenters. The minimum atomic E-state index is -3.31. The summed E-state index contributed by atoms with van der Waals surface area (Å²) in [5.74, 6) is 0.197. The Balaban J connectivity index is 0. The van der Waals surface area contributed by atoms with Crippen molar-refractivity contribution < 1.29 is 12.6 Å². The van der Waals surface area contributed by atoms with Gasteiger partial charge in [-0.15, -0.1) is 0 Å². The fourth-order valence-electron chi connectivity index (χ4n) is 5.19. The summed E-state index contributed by atoms with van der Waals surface area (Å²) >= 11 is 0. The van der Waals surface area contributed by atoms with Gasteiger partial charge in [-0.2, -0.15) is 8.42 Å². The number of hydrogen-bond donors (Lipinski definition) is 1. The van der Waals surface area contributed by atoms with Crippen LogP contribution in [0.5, 0.6) is 0 Å². The fraction of sp³-hybridized carbons (Fsp3) is 1.00. The second-order valence-electron chi connectivity index (χ2n) is 12.1. The minimum absolute atomic E-state index is 0.197. The van der Waals surface area contributed by atoms with Crippen LogP contribution < -0.4 is 5.32 Å². The van der Waals surface area contributed by atoms with Crippen LogP contribution in [0.25, 0.3) is 0 Å². The predicted octanol–water partition coefficient (Wildman–Crippen LogP) is 11.5. The van der Waals surface area contributed by atoms with E-state index in [4.69, 9.17) is 4.18 Å². The molecule has 0 bridgehead atoms. The Morgan fingerprint density at radius 2 is 0.625 bits per heavy atom. The van der Waals surface area contributed by atoms with E-state index in [-0.39, 0.29) is 5.75 Å². The van der Waals surface area contributed by atoms with Crippen LogP contribution in [0, 0.1) is 0 Å². The summed E-state index contributed by atoms with van der Waals surface area (Å²) in [5.41, 5.74) is 0. The minimum Gasteiger partial charge on any atom is -0.323 e. The Bertz CT molecular complexity index is 539. The molecule has 0 saturated heterocycles. The second-order valence-corrected chi connectivity index (χ2v) is 13.9. The van der Waals surface area contributed by atoms with E-state index >= 15 is 0 Å². The van der Waals surface area contributed by atoms with Crippen LogP contribution in [0.3, 0.4) is 0 Å². The number of nitrogens with one attached hydrogen (secondary N) is 1. The maximum absolute atomic E-state index is 12.0. The zero-order valence-electron chi connectivity index (χ0n) is 28.1. The summed E-state index contributed by atoms with van der Waals surface area (Å²) in [5, 5.41) is 2.75. The van der Waals surface area contributed by atoms with E-state index in [1.165, 1.54) is 154 Å². The van der Waals surface area contributed by atoms with E-state index in [0.29, 0.717) is 6.61 Å². The maximum atomic E-state index is 12.0. The van der Waals surface area contributed by atoms with Crippen LogP contribution in [-0.2, 0) is 14.3 Å². The summed E-state index contributed by atoms with van der Waals surface area (Å²) in [6.45, 7) is 4.91. The topological polar surface area (TPSA) is 55.4 Å². The van der Waals surface area contributed by atoms with Crippen molar-refractivity contribution >= 4 is 10.1 Å². The van der Waals surface area contributed by atoms with Crippen LogP contribution in [0.4, 0.5) is 0 Å². The number of rotatable bonds is 32. The molecular formula is C35H75NO3S. The zero-order valence-corrected chi connectivity index (χ0v) is 28.9. The lowest BCUT2D eigenvalue weighted by atomic mass is 10.0. The summed E-state index contributed by atoms with van der Waals surface area (Å²) in [4.78, 5) is 0. The van der Waals surface area contributed by atoms with E-state index in [1.807, 2.05) is 14.1 Å². The van der Waals surface area contributed by atoms with Crippen molar-refractivity contribution in [1.29, 1.82) is 0 Å². The van der Waals surface area contributed by atoms with Crippen LogP contribution in [0.1, 0.15) is 200 Å². The van der Waals surface area contributed by atoms with Gasteiger partial charge in [0.1, 0.15) is 0 Å².